The van der Waals surface area contributed by atoms with Crippen LogP contribution >= 0.6 is 0 Å². The van der Waals surface area contributed by atoms with Crippen molar-refractivity contribution < 1.29 is 28.8 Å². The normalized spacial score (nSPS) is 11.7. The Morgan fingerprint density at radius 1 is 1.24 bits per heavy atom. The number of amides is 3. The molecule has 0 bridgehead atoms. The van der Waals surface area contributed by atoms with Crippen LogP contribution in [-0.2, 0) is 14.4 Å². The Hall–Kier alpha value is -3.66. The predicted octanol–water partition coefficient (Wildman–Crippen LogP) is 1.01. The molecule has 1 unspecified atom stereocenters. The summed E-state index contributed by atoms with van der Waals surface area (Å²) in [5.74, 6) is -1.80. The van der Waals surface area contributed by atoms with Crippen molar-refractivity contribution in [2.45, 2.75) is 13.0 Å². The zero-order chi connectivity index (χ0) is 21.4. The van der Waals surface area contributed by atoms with Gasteiger partial charge in [0, 0.05) is 25.2 Å². The van der Waals surface area contributed by atoms with Crippen LogP contribution in [0, 0.1) is 0 Å². The van der Waals surface area contributed by atoms with Crippen LogP contribution in [0.5, 0.6) is 0 Å². The van der Waals surface area contributed by atoms with Crippen molar-refractivity contribution in [1.29, 1.82) is 0 Å². The molecule has 0 spiro atoms. The summed E-state index contributed by atoms with van der Waals surface area (Å²) < 4.78 is 5.37. The van der Waals surface area contributed by atoms with E-state index in [2.05, 4.69) is 10.5 Å². The molecule has 0 saturated heterocycles. The lowest BCUT2D eigenvalue weighted by Gasteiger charge is -2.25. The van der Waals surface area contributed by atoms with Crippen LogP contribution in [0.1, 0.15) is 23.0 Å². The predicted molar refractivity (Wildman–Crippen MR) is 103 cm³/mol. The molecule has 1 aromatic carbocycles. The van der Waals surface area contributed by atoms with Crippen LogP contribution in [0.3, 0.4) is 0 Å². The molecule has 0 aliphatic rings. The molecule has 10 nitrogen and oxygen atoms in total. The molecule has 0 aliphatic carbocycles. The first-order valence-electron chi connectivity index (χ1n) is 8.69. The molecule has 3 N–H and O–H groups in total. The lowest BCUT2D eigenvalue weighted by Crippen LogP contribution is -2.54. The number of furan rings is 1. The highest BCUT2D eigenvalue weighted by molar-refractivity contribution is 6.08. The van der Waals surface area contributed by atoms with Crippen molar-refractivity contribution in [2.75, 3.05) is 20.7 Å². The SMILES string of the molecule is CCO/N=C/c1cc(-c2ccc(C(=O)N(C)C(C(=O)NC)C(=O)NO)cc2)co1. The van der Waals surface area contributed by atoms with Gasteiger partial charge in [0.2, 0.25) is 0 Å². The van der Waals surface area contributed by atoms with E-state index >= 15 is 0 Å². The third kappa shape index (κ3) is 5.20. The lowest BCUT2D eigenvalue weighted by atomic mass is 10.1. The number of likely N-dealkylation sites (N-methyl/N-ethyl adjacent to an activating group) is 2. The highest BCUT2D eigenvalue weighted by atomic mass is 16.6. The second-order valence-corrected chi connectivity index (χ2v) is 5.88. The summed E-state index contributed by atoms with van der Waals surface area (Å²) in [6, 6.07) is 6.78. The number of hydroxylamine groups is 1. The van der Waals surface area contributed by atoms with Crippen molar-refractivity contribution in [3.8, 4) is 11.1 Å². The maximum absolute atomic E-state index is 12.7. The zero-order valence-corrected chi connectivity index (χ0v) is 16.2. The van der Waals surface area contributed by atoms with Crippen molar-refractivity contribution in [3.05, 3.63) is 47.9 Å². The number of rotatable bonds is 8. The van der Waals surface area contributed by atoms with Gasteiger partial charge in [-0.25, -0.2) is 5.48 Å². The minimum atomic E-state index is -1.52. The van der Waals surface area contributed by atoms with Gasteiger partial charge in [-0.1, -0.05) is 17.3 Å². The molecular weight excluding hydrogens is 380 g/mol. The monoisotopic (exact) mass is 402 g/mol. The van der Waals surface area contributed by atoms with Gasteiger partial charge in [-0.05, 0) is 30.7 Å². The quantitative estimate of drug-likeness (QED) is 0.261. The first kappa shape index (κ1) is 21.6. The molecule has 2 rings (SSSR count). The average molecular weight is 402 g/mol. The standard InChI is InChI=1S/C19H22N4O6/c1-4-29-21-10-15-9-14(11-28-15)12-5-7-13(8-6-12)19(26)23(3)16(17(24)20-2)18(25)22-27/h5-11,16,27H,4H2,1-3H3,(H,20,24)(H,22,25)/b21-10+. The Balaban J connectivity index is 2.17. The van der Waals surface area contributed by atoms with Gasteiger partial charge in [0.05, 0.1) is 6.26 Å². The molecule has 0 aliphatic heterocycles. The molecule has 1 aromatic heterocycles. The molecule has 0 saturated carbocycles. The third-order valence-electron chi connectivity index (χ3n) is 4.03. The number of benzene rings is 1. The molecule has 0 radical (unpaired) electrons. The fourth-order valence-electron chi connectivity index (χ4n) is 2.53. The Kier molecular flexibility index (Phi) is 7.49. The topological polar surface area (TPSA) is 133 Å². The van der Waals surface area contributed by atoms with Gasteiger partial charge in [-0.15, -0.1) is 0 Å². The number of carbonyl (C=O) groups is 3. The summed E-state index contributed by atoms with van der Waals surface area (Å²) in [5, 5.41) is 14.9. The second-order valence-electron chi connectivity index (χ2n) is 5.88. The van der Waals surface area contributed by atoms with Crippen LogP contribution in [0.15, 0.2) is 46.2 Å². The van der Waals surface area contributed by atoms with Crippen LogP contribution in [0.25, 0.3) is 11.1 Å². The van der Waals surface area contributed by atoms with E-state index < -0.39 is 23.8 Å². The Bertz CT molecular complexity index is 874. The Morgan fingerprint density at radius 2 is 1.93 bits per heavy atom. The molecule has 154 valence electrons. The average Bonchev–Trinajstić information content (AvgIpc) is 3.22. The van der Waals surface area contributed by atoms with Crippen LogP contribution < -0.4 is 10.8 Å². The first-order chi connectivity index (χ1) is 13.9. The minimum absolute atomic E-state index is 0.262. The van der Waals surface area contributed by atoms with E-state index in [0.29, 0.717) is 12.4 Å². The molecule has 10 heteroatoms. The second kappa shape index (κ2) is 10.0. The fraction of sp³-hybridized carbons (Fsp3) is 0.263. The Labute approximate surface area is 167 Å². The van der Waals surface area contributed by atoms with Crippen molar-refractivity contribution in [3.63, 3.8) is 0 Å². The molecule has 0 fully saturated rings. The Morgan fingerprint density at radius 3 is 2.52 bits per heavy atom. The van der Waals surface area contributed by atoms with Gasteiger partial charge in [-0.2, -0.15) is 0 Å². The van der Waals surface area contributed by atoms with Gasteiger partial charge in [0.25, 0.3) is 17.7 Å². The molecule has 1 atom stereocenters. The lowest BCUT2D eigenvalue weighted by molar-refractivity contribution is -0.140. The van der Waals surface area contributed by atoms with Crippen LogP contribution in [0.2, 0.25) is 0 Å². The van der Waals surface area contributed by atoms with E-state index in [1.807, 2.05) is 6.92 Å². The number of oxime groups is 1. The molecular formula is C19H22N4O6. The third-order valence-corrected chi connectivity index (χ3v) is 4.03. The number of carbonyl (C=O) groups excluding carboxylic acids is 3. The molecule has 1 heterocycles. The molecule has 3 amide bonds. The molecule has 29 heavy (non-hydrogen) atoms. The largest absolute Gasteiger partial charge is 0.463 e. The highest BCUT2D eigenvalue weighted by Gasteiger charge is 2.33. The highest BCUT2D eigenvalue weighted by Crippen LogP contribution is 2.22. The summed E-state index contributed by atoms with van der Waals surface area (Å²) in [6.45, 7) is 2.27. The maximum Gasteiger partial charge on any atom is 0.275 e. The molecule has 2 aromatic rings. The van der Waals surface area contributed by atoms with Gasteiger partial charge < -0.3 is 19.5 Å². The van der Waals surface area contributed by atoms with Crippen LogP contribution in [-0.4, -0.2) is 60.8 Å². The van der Waals surface area contributed by atoms with Gasteiger partial charge in [-0.3, -0.25) is 19.6 Å². The smallest absolute Gasteiger partial charge is 0.275 e. The minimum Gasteiger partial charge on any atom is -0.463 e. The summed E-state index contributed by atoms with van der Waals surface area (Å²) >= 11 is 0. The van der Waals surface area contributed by atoms with E-state index in [1.54, 1.807) is 36.6 Å². The summed E-state index contributed by atoms with van der Waals surface area (Å²) in [5.41, 5.74) is 3.22. The number of hydrogen-bond acceptors (Lipinski definition) is 7. The van der Waals surface area contributed by atoms with Gasteiger partial charge in [0.1, 0.15) is 18.6 Å². The van der Waals surface area contributed by atoms with Crippen LogP contribution in [0.4, 0.5) is 0 Å². The van der Waals surface area contributed by atoms with Gasteiger partial charge >= 0.3 is 0 Å². The van der Waals surface area contributed by atoms with Crippen molar-refractivity contribution >= 4 is 23.9 Å². The zero-order valence-electron chi connectivity index (χ0n) is 16.2. The van der Waals surface area contributed by atoms with E-state index in [1.165, 1.54) is 25.8 Å². The van der Waals surface area contributed by atoms with E-state index in [4.69, 9.17) is 14.5 Å². The number of hydrogen-bond donors (Lipinski definition) is 3. The van der Waals surface area contributed by atoms with E-state index in [9.17, 15) is 14.4 Å². The van der Waals surface area contributed by atoms with E-state index in [0.717, 1.165) is 16.0 Å². The summed E-state index contributed by atoms with van der Waals surface area (Å²) in [4.78, 5) is 42.2. The number of nitrogens with zero attached hydrogens (tertiary/aromatic N) is 2. The first-order valence-corrected chi connectivity index (χ1v) is 8.69. The van der Waals surface area contributed by atoms with Crippen molar-refractivity contribution in [2.24, 2.45) is 5.16 Å². The van der Waals surface area contributed by atoms with Gasteiger partial charge in [0.15, 0.2) is 6.04 Å². The number of nitrogens with one attached hydrogen (secondary N) is 2. The maximum atomic E-state index is 12.7. The van der Waals surface area contributed by atoms with E-state index in [-0.39, 0.29) is 5.56 Å². The fourth-order valence-corrected chi connectivity index (χ4v) is 2.53. The summed E-state index contributed by atoms with van der Waals surface area (Å²) in [7, 11) is 2.62. The summed E-state index contributed by atoms with van der Waals surface area (Å²) in [6.07, 6.45) is 2.99. The van der Waals surface area contributed by atoms with Crippen molar-refractivity contribution in [1.82, 2.24) is 15.7 Å².